The highest BCUT2D eigenvalue weighted by molar-refractivity contribution is 5.64. The molecule has 0 aliphatic carbocycles. The Hall–Kier alpha value is -2.67. The van der Waals surface area contributed by atoms with E-state index < -0.39 is 0 Å². The van der Waals surface area contributed by atoms with E-state index in [-0.39, 0.29) is 12.0 Å². The summed E-state index contributed by atoms with van der Waals surface area (Å²) in [5.74, 6) is 2.22. The van der Waals surface area contributed by atoms with E-state index in [2.05, 4.69) is 15.3 Å². The van der Waals surface area contributed by atoms with Gasteiger partial charge in [-0.15, -0.1) is 10.2 Å². The van der Waals surface area contributed by atoms with Crippen LogP contribution >= 0.6 is 0 Å². The lowest BCUT2D eigenvalue weighted by molar-refractivity contribution is 0.355. The van der Waals surface area contributed by atoms with Gasteiger partial charge in [0.25, 0.3) is 0 Å². The zero-order valence-electron chi connectivity index (χ0n) is 14.2. The van der Waals surface area contributed by atoms with Gasteiger partial charge in [0.05, 0.1) is 26.0 Å². The van der Waals surface area contributed by atoms with Gasteiger partial charge < -0.3 is 15.2 Å². The van der Waals surface area contributed by atoms with Crippen molar-refractivity contribution in [2.75, 3.05) is 14.2 Å². The molecule has 3 aromatic rings. The Morgan fingerprint density at radius 1 is 1.00 bits per heavy atom. The number of nitrogens with zero attached hydrogens (tertiary/aromatic N) is 4. The minimum atomic E-state index is -0.229. The maximum absolute atomic E-state index is 6.22. The quantitative estimate of drug-likeness (QED) is 0.774. The fraction of sp³-hybridized carbons (Fsp3) is 0.353. The van der Waals surface area contributed by atoms with Crippen LogP contribution in [0.3, 0.4) is 0 Å². The summed E-state index contributed by atoms with van der Waals surface area (Å²) in [4.78, 5) is 0. The second-order valence-corrected chi connectivity index (χ2v) is 5.89. The lowest BCUT2D eigenvalue weighted by Gasteiger charge is -2.13. The fourth-order valence-electron chi connectivity index (χ4n) is 2.46. The first-order valence-electron chi connectivity index (χ1n) is 7.75. The molecule has 0 fully saturated rings. The molecule has 0 aliphatic heterocycles. The van der Waals surface area contributed by atoms with Crippen molar-refractivity contribution >= 4 is 5.65 Å². The van der Waals surface area contributed by atoms with Crippen LogP contribution in [0.25, 0.3) is 16.9 Å². The average molecular weight is 327 g/mol. The topological polar surface area (TPSA) is 87.6 Å². The number of rotatable bonds is 5. The van der Waals surface area contributed by atoms with Crippen molar-refractivity contribution in [3.63, 3.8) is 0 Å². The van der Waals surface area contributed by atoms with Crippen LogP contribution in [-0.2, 0) is 0 Å². The number of benzene rings is 1. The smallest absolute Gasteiger partial charge is 0.178 e. The number of methoxy groups -OCH3 is 2. The van der Waals surface area contributed by atoms with E-state index in [0.29, 0.717) is 23.0 Å². The number of fused-ring (bicyclic) bond motifs is 1. The maximum atomic E-state index is 6.22. The van der Waals surface area contributed by atoms with Gasteiger partial charge in [0.15, 0.2) is 23.0 Å². The highest BCUT2D eigenvalue weighted by atomic mass is 16.5. The van der Waals surface area contributed by atoms with Crippen molar-refractivity contribution in [1.29, 1.82) is 0 Å². The Morgan fingerprint density at radius 3 is 2.42 bits per heavy atom. The highest BCUT2D eigenvalue weighted by Crippen LogP contribution is 2.31. The molecule has 3 rings (SSSR count). The van der Waals surface area contributed by atoms with Gasteiger partial charge >= 0.3 is 0 Å². The zero-order chi connectivity index (χ0) is 17.3. The summed E-state index contributed by atoms with van der Waals surface area (Å²) in [6.07, 6.45) is 0. The van der Waals surface area contributed by atoms with Gasteiger partial charge in [-0.25, -0.2) is 0 Å². The Kier molecular flexibility index (Phi) is 4.35. The van der Waals surface area contributed by atoms with E-state index in [1.54, 1.807) is 18.7 Å². The Bertz CT molecular complexity index is 859. The fourth-order valence-corrected chi connectivity index (χ4v) is 2.46. The first-order valence-corrected chi connectivity index (χ1v) is 7.75. The van der Waals surface area contributed by atoms with Gasteiger partial charge in [0, 0.05) is 5.56 Å². The monoisotopic (exact) mass is 327 g/mol. The number of hydrogen-bond acceptors (Lipinski definition) is 6. The summed E-state index contributed by atoms with van der Waals surface area (Å²) in [6.45, 7) is 4.09. The zero-order valence-corrected chi connectivity index (χ0v) is 14.2. The van der Waals surface area contributed by atoms with Crippen LogP contribution in [0.2, 0.25) is 0 Å². The molecule has 0 aliphatic rings. The van der Waals surface area contributed by atoms with Crippen LogP contribution in [-0.4, -0.2) is 34.0 Å². The van der Waals surface area contributed by atoms with Crippen LogP contribution in [0.5, 0.6) is 11.5 Å². The summed E-state index contributed by atoms with van der Waals surface area (Å²) < 4.78 is 12.3. The molecule has 0 saturated carbocycles. The van der Waals surface area contributed by atoms with Gasteiger partial charge in [-0.1, -0.05) is 13.8 Å². The molecule has 1 aromatic carbocycles. The molecule has 0 amide bonds. The molecule has 24 heavy (non-hydrogen) atoms. The molecule has 0 radical (unpaired) electrons. The number of ether oxygens (including phenoxy) is 2. The van der Waals surface area contributed by atoms with Gasteiger partial charge in [-0.05, 0) is 36.2 Å². The number of aromatic nitrogens is 4. The molecule has 126 valence electrons. The SMILES string of the molecule is COc1ccc(-c2ccc3nnc([C@H](N)C(C)C)n3n2)cc1OC. The van der Waals surface area contributed by atoms with Gasteiger partial charge in [0.2, 0.25) is 0 Å². The molecular weight excluding hydrogens is 306 g/mol. The van der Waals surface area contributed by atoms with E-state index >= 15 is 0 Å². The van der Waals surface area contributed by atoms with Crippen LogP contribution in [0.4, 0.5) is 0 Å². The highest BCUT2D eigenvalue weighted by Gasteiger charge is 2.18. The number of hydrogen-bond donors (Lipinski definition) is 1. The van der Waals surface area contributed by atoms with Gasteiger partial charge in [-0.2, -0.15) is 9.61 Å². The van der Waals surface area contributed by atoms with E-state index in [0.717, 1.165) is 11.3 Å². The minimum absolute atomic E-state index is 0.229. The largest absolute Gasteiger partial charge is 0.493 e. The second kappa shape index (κ2) is 6.45. The van der Waals surface area contributed by atoms with Crippen molar-refractivity contribution in [1.82, 2.24) is 19.8 Å². The Labute approximate surface area is 140 Å². The molecule has 0 bridgehead atoms. The van der Waals surface area contributed by atoms with Gasteiger partial charge in [0.1, 0.15) is 0 Å². The summed E-state index contributed by atoms with van der Waals surface area (Å²) >= 11 is 0. The molecule has 1 atom stereocenters. The molecule has 0 saturated heterocycles. The lowest BCUT2D eigenvalue weighted by atomic mass is 10.1. The van der Waals surface area contributed by atoms with Crippen molar-refractivity contribution in [3.8, 4) is 22.8 Å². The molecule has 7 heteroatoms. The normalized spacial score (nSPS) is 12.6. The summed E-state index contributed by atoms with van der Waals surface area (Å²) in [5.41, 5.74) is 8.58. The maximum Gasteiger partial charge on any atom is 0.178 e. The molecule has 7 nitrogen and oxygen atoms in total. The Balaban J connectivity index is 2.09. The molecule has 0 spiro atoms. The summed E-state index contributed by atoms with van der Waals surface area (Å²) in [6, 6.07) is 9.22. The third-order valence-corrected chi connectivity index (χ3v) is 3.98. The van der Waals surface area contributed by atoms with Crippen LogP contribution in [0.1, 0.15) is 25.7 Å². The van der Waals surface area contributed by atoms with E-state index in [9.17, 15) is 0 Å². The Morgan fingerprint density at radius 2 is 1.75 bits per heavy atom. The van der Waals surface area contributed by atoms with Crippen molar-refractivity contribution in [2.45, 2.75) is 19.9 Å². The van der Waals surface area contributed by atoms with E-state index in [1.807, 2.05) is 44.2 Å². The minimum Gasteiger partial charge on any atom is -0.493 e. The summed E-state index contributed by atoms with van der Waals surface area (Å²) in [5, 5.41) is 13.0. The lowest BCUT2D eigenvalue weighted by Crippen LogP contribution is -2.20. The van der Waals surface area contributed by atoms with Crippen LogP contribution in [0, 0.1) is 5.92 Å². The third-order valence-electron chi connectivity index (χ3n) is 3.98. The number of nitrogens with two attached hydrogens (primary N) is 1. The first-order chi connectivity index (χ1) is 11.5. The van der Waals surface area contributed by atoms with E-state index in [1.165, 1.54) is 0 Å². The average Bonchev–Trinajstić information content (AvgIpc) is 3.03. The molecule has 2 heterocycles. The van der Waals surface area contributed by atoms with Crippen molar-refractivity contribution < 1.29 is 9.47 Å². The van der Waals surface area contributed by atoms with Crippen LogP contribution < -0.4 is 15.2 Å². The van der Waals surface area contributed by atoms with Crippen molar-refractivity contribution in [2.24, 2.45) is 11.7 Å². The third kappa shape index (κ3) is 2.78. The molecular formula is C17H21N5O2. The molecule has 0 unspecified atom stereocenters. The summed E-state index contributed by atoms with van der Waals surface area (Å²) in [7, 11) is 3.22. The predicted octanol–water partition coefficient (Wildman–Crippen LogP) is 2.46. The van der Waals surface area contributed by atoms with Crippen molar-refractivity contribution in [3.05, 3.63) is 36.2 Å². The predicted molar refractivity (Wildman–Crippen MR) is 91.1 cm³/mol. The van der Waals surface area contributed by atoms with E-state index in [4.69, 9.17) is 15.2 Å². The first kappa shape index (κ1) is 16.2. The molecule has 2 aromatic heterocycles. The standard InChI is InChI=1S/C17H21N5O2/c1-10(2)16(18)17-20-19-15-8-6-12(21-22(15)17)11-5-7-13(23-3)14(9-11)24-4/h5-10,16H,18H2,1-4H3/t16-/m1/s1. The second-order valence-electron chi connectivity index (χ2n) is 5.89. The van der Waals surface area contributed by atoms with Crippen LogP contribution in [0.15, 0.2) is 30.3 Å². The molecule has 2 N–H and O–H groups in total. The van der Waals surface area contributed by atoms with Gasteiger partial charge in [-0.3, -0.25) is 0 Å².